The summed E-state index contributed by atoms with van der Waals surface area (Å²) in [6.45, 7) is 0. The lowest BCUT2D eigenvalue weighted by Crippen LogP contribution is -2.14. The lowest BCUT2D eigenvalue weighted by atomic mass is 10.1. The number of amides is 1. The molecule has 3 aromatic carbocycles. The van der Waals surface area contributed by atoms with Gasteiger partial charge >= 0.3 is 0 Å². The highest BCUT2D eigenvalue weighted by Gasteiger charge is 2.18. The van der Waals surface area contributed by atoms with Gasteiger partial charge in [0.1, 0.15) is 5.75 Å². The van der Waals surface area contributed by atoms with Crippen LogP contribution in [0.15, 0.2) is 95.5 Å². The average Bonchev–Trinajstić information content (AvgIpc) is 3.55. The van der Waals surface area contributed by atoms with Crippen molar-refractivity contribution in [3.8, 4) is 34.1 Å². The molecule has 5 rings (SSSR count). The lowest BCUT2D eigenvalue weighted by molar-refractivity contribution is -0.113. The van der Waals surface area contributed by atoms with E-state index in [9.17, 15) is 4.79 Å². The van der Waals surface area contributed by atoms with Gasteiger partial charge in [0.05, 0.1) is 18.6 Å². The Labute approximate surface area is 210 Å². The Morgan fingerprint density at radius 1 is 0.971 bits per heavy atom. The van der Waals surface area contributed by atoms with Crippen molar-refractivity contribution in [2.24, 2.45) is 0 Å². The molecular weight excluding hydrogens is 478 g/mol. The first kappa shape index (κ1) is 22.8. The number of thioether (sulfide) groups is 1. The fraction of sp³-hybridized carbons (Fsp3) is 0.0769. The van der Waals surface area contributed by atoms with Gasteiger partial charge in [0.15, 0.2) is 16.1 Å². The largest absolute Gasteiger partial charge is 0.496 e. The molecule has 0 unspecified atom stereocenters. The molecule has 1 N–H and O–H groups in total. The summed E-state index contributed by atoms with van der Waals surface area (Å²) in [5.41, 5.74) is 3.52. The number of anilines is 1. The molecule has 35 heavy (non-hydrogen) atoms. The van der Waals surface area contributed by atoms with E-state index in [0.717, 1.165) is 34.1 Å². The predicted molar refractivity (Wildman–Crippen MR) is 140 cm³/mol. The molecule has 0 bridgehead atoms. The van der Waals surface area contributed by atoms with E-state index >= 15 is 0 Å². The molecule has 0 aliphatic heterocycles. The van der Waals surface area contributed by atoms with E-state index < -0.39 is 0 Å². The number of para-hydroxylation sites is 2. The van der Waals surface area contributed by atoms with Gasteiger partial charge in [-0.2, -0.15) is 0 Å². The second-order valence-electron chi connectivity index (χ2n) is 7.42. The minimum absolute atomic E-state index is 0.167. The third-order valence-corrected chi connectivity index (χ3v) is 6.83. The van der Waals surface area contributed by atoms with Gasteiger partial charge in [-0.1, -0.05) is 72.4 Å². The number of carbonyl (C=O) groups is 1. The zero-order valence-corrected chi connectivity index (χ0v) is 20.4. The smallest absolute Gasteiger partial charge is 0.236 e. The minimum atomic E-state index is -0.167. The lowest BCUT2D eigenvalue weighted by Gasteiger charge is -2.10. The Morgan fingerprint density at radius 3 is 2.46 bits per heavy atom. The topological polar surface area (TPSA) is 81.9 Å². The van der Waals surface area contributed by atoms with Gasteiger partial charge in [-0.15, -0.1) is 21.5 Å². The van der Waals surface area contributed by atoms with E-state index in [2.05, 4.69) is 20.5 Å². The van der Waals surface area contributed by atoms with Crippen LogP contribution in [0.5, 0.6) is 5.75 Å². The van der Waals surface area contributed by atoms with Crippen LogP contribution in [0.2, 0.25) is 0 Å². The third kappa shape index (κ3) is 5.11. The van der Waals surface area contributed by atoms with Crippen molar-refractivity contribution in [2.75, 3.05) is 18.2 Å². The van der Waals surface area contributed by atoms with Crippen molar-refractivity contribution >= 4 is 34.1 Å². The summed E-state index contributed by atoms with van der Waals surface area (Å²) in [5, 5.41) is 14.8. The molecule has 0 aliphatic rings. The van der Waals surface area contributed by atoms with E-state index in [4.69, 9.17) is 4.74 Å². The number of thiazole rings is 1. The molecule has 2 heterocycles. The molecule has 0 saturated carbocycles. The Morgan fingerprint density at radius 2 is 1.69 bits per heavy atom. The van der Waals surface area contributed by atoms with Crippen molar-refractivity contribution < 1.29 is 9.53 Å². The SMILES string of the molecule is COc1ccccc1-c1csc(NC(=O)CSc2nnc(-c3ccccc3)n2-c2ccccc2)n1. The van der Waals surface area contributed by atoms with Crippen molar-refractivity contribution in [2.45, 2.75) is 5.16 Å². The van der Waals surface area contributed by atoms with Crippen LogP contribution >= 0.6 is 23.1 Å². The molecule has 0 aliphatic carbocycles. The summed E-state index contributed by atoms with van der Waals surface area (Å²) in [6.07, 6.45) is 0. The van der Waals surface area contributed by atoms with Crippen LogP contribution in [0.3, 0.4) is 0 Å². The van der Waals surface area contributed by atoms with Gasteiger partial charge in [-0.05, 0) is 24.3 Å². The van der Waals surface area contributed by atoms with Gasteiger partial charge in [-0.3, -0.25) is 9.36 Å². The Kier molecular flexibility index (Phi) is 6.87. The summed E-state index contributed by atoms with van der Waals surface area (Å²) in [4.78, 5) is 17.3. The molecule has 0 radical (unpaired) electrons. The maximum absolute atomic E-state index is 12.7. The normalized spacial score (nSPS) is 10.8. The zero-order valence-electron chi connectivity index (χ0n) is 18.8. The number of benzene rings is 3. The number of carbonyl (C=O) groups excluding carboxylic acids is 1. The highest BCUT2D eigenvalue weighted by molar-refractivity contribution is 7.99. The fourth-order valence-corrected chi connectivity index (χ4v) is 5.02. The van der Waals surface area contributed by atoms with E-state index in [0.29, 0.717) is 10.3 Å². The molecule has 2 aromatic heterocycles. The highest BCUT2D eigenvalue weighted by atomic mass is 32.2. The van der Waals surface area contributed by atoms with Gasteiger partial charge in [0.2, 0.25) is 5.91 Å². The number of hydrogen-bond acceptors (Lipinski definition) is 7. The maximum Gasteiger partial charge on any atom is 0.236 e. The van der Waals surface area contributed by atoms with Crippen LogP contribution in [0.4, 0.5) is 5.13 Å². The number of methoxy groups -OCH3 is 1. The van der Waals surface area contributed by atoms with Crippen LogP contribution in [0.1, 0.15) is 0 Å². The monoisotopic (exact) mass is 499 g/mol. The van der Waals surface area contributed by atoms with Crippen molar-refractivity contribution in [3.05, 3.63) is 90.3 Å². The van der Waals surface area contributed by atoms with Crippen LogP contribution < -0.4 is 10.1 Å². The summed E-state index contributed by atoms with van der Waals surface area (Å²) in [7, 11) is 1.63. The quantitative estimate of drug-likeness (QED) is 0.272. The molecular formula is C26H21N5O2S2. The van der Waals surface area contributed by atoms with Gasteiger partial charge in [0, 0.05) is 22.2 Å². The predicted octanol–water partition coefficient (Wildman–Crippen LogP) is 5.80. The Balaban J connectivity index is 1.32. The van der Waals surface area contributed by atoms with Crippen LogP contribution in [0, 0.1) is 0 Å². The minimum Gasteiger partial charge on any atom is -0.496 e. The molecule has 1 amide bonds. The second kappa shape index (κ2) is 10.5. The molecule has 0 fully saturated rings. The summed E-state index contributed by atoms with van der Waals surface area (Å²) in [5.74, 6) is 1.46. The van der Waals surface area contributed by atoms with Gasteiger partial charge in [-0.25, -0.2) is 4.98 Å². The molecule has 0 saturated heterocycles. The van der Waals surface area contributed by atoms with Crippen LogP contribution in [-0.2, 0) is 4.79 Å². The van der Waals surface area contributed by atoms with Crippen LogP contribution in [0.25, 0.3) is 28.3 Å². The maximum atomic E-state index is 12.7. The first-order valence-electron chi connectivity index (χ1n) is 10.8. The fourth-order valence-electron chi connectivity index (χ4n) is 3.54. The standard InChI is InChI=1S/C26H21N5O2S2/c1-33-22-15-9-8-14-20(22)21-16-34-25(27-21)28-23(32)17-35-26-30-29-24(18-10-4-2-5-11-18)31(26)19-12-6-3-7-13-19/h2-16H,17H2,1H3,(H,27,28,32). The summed E-state index contributed by atoms with van der Waals surface area (Å²) < 4.78 is 7.39. The number of aromatic nitrogens is 4. The summed E-state index contributed by atoms with van der Waals surface area (Å²) >= 11 is 2.70. The molecule has 174 valence electrons. The van der Waals surface area contributed by atoms with E-state index in [1.165, 1.54) is 23.1 Å². The molecule has 5 aromatic rings. The molecule has 0 atom stereocenters. The average molecular weight is 500 g/mol. The molecule has 9 heteroatoms. The Hall–Kier alpha value is -3.95. The number of nitrogens with zero attached hydrogens (tertiary/aromatic N) is 4. The third-order valence-electron chi connectivity index (χ3n) is 5.15. The number of rotatable bonds is 8. The first-order valence-corrected chi connectivity index (χ1v) is 12.7. The molecule has 0 spiro atoms. The molecule has 7 nitrogen and oxygen atoms in total. The van der Waals surface area contributed by atoms with Crippen molar-refractivity contribution in [1.29, 1.82) is 0 Å². The Bertz CT molecular complexity index is 1430. The van der Waals surface area contributed by atoms with E-state index in [1.54, 1.807) is 7.11 Å². The number of hydrogen-bond donors (Lipinski definition) is 1. The van der Waals surface area contributed by atoms with Crippen LogP contribution in [-0.4, -0.2) is 38.5 Å². The second-order valence-corrected chi connectivity index (χ2v) is 9.22. The van der Waals surface area contributed by atoms with Gasteiger partial charge < -0.3 is 10.1 Å². The van der Waals surface area contributed by atoms with E-state index in [-0.39, 0.29) is 11.7 Å². The van der Waals surface area contributed by atoms with Crippen molar-refractivity contribution in [3.63, 3.8) is 0 Å². The zero-order chi connectivity index (χ0) is 24.0. The highest BCUT2D eigenvalue weighted by Crippen LogP contribution is 2.32. The summed E-state index contributed by atoms with van der Waals surface area (Å²) in [6, 6.07) is 27.4. The number of nitrogens with one attached hydrogen (secondary N) is 1. The number of ether oxygens (including phenoxy) is 1. The van der Waals surface area contributed by atoms with E-state index in [1.807, 2.05) is 94.9 Å². The first-order chi connectivity index (χ1) is 17.2. The van der Waals surface area contributed by atoms with Crippen molar-refractivity contribution in [1.82, 2.24) is 19.7 Å². The van der Waals surface area contributed by atoms with Gasteiger partial charge in [0.25, 0.3) is 0 Å².